The van der Waals surface area contributed by atoms with Gasteiger partial charge in [0, 0.05) is 38.9 Å². The van der Waals surface area contributed by atoms with E-state index >= 15 is 0 Å². The minimum absolute atomic E-state index is 0.0138. The predicted octanol–water partition coefficient (Wildman–Crippen LogP) is 3.51. The lowest BCUT2D eigenvalue weighted by Gasteiger charge is -2.34. The van der Waals surface area contributed by atoms with Crippen molar-refractivity contribution in [1.29, 1.82) is 0 Å². The summed E-state index contributed by atoms with van der Waals surface area (Å²) in [6.07, 6.45) is -2.84. The molecule has 1 amide bonds. The summed E-state index contributed by atoms with van der Waals surface area (Å²) in [6.45, 7) is 3.55. The smallest absolute Gasteiger partial charge is 0.323 e. The van der Waals surface area contributed by atoms with Crippen molar-refractivity contribution in [2.75, 3.05) is 38.0 Å². The number of piperazine rings is 1. The van der Waals surface area contributed by atoms with Crippen LogP contribution in [0.3, 0.4) is 0 Å². The number of amides is 1. The molecule has 2 aromatic rings. The second kappa shape index (κ2) is 8.89. The maximum Gasteiger partial charge on any atom is 0.418 e. The molecule has 1 aromatic carbocycles. The van der Waals surface area contributed by atoms with E-state index in [0.29, 0.717) is 13.1 Å². The van der Waals surface area contributed by atoms with E-state index in [0.717, 1.165) is 31.4 Å². The molecule has 0 spiro atoms. The number of benzene rings is 1. The lowest BCUT2D eigenvalue weighted by atomic mass is 10.1. The van der Waals surface area contributed by atoms with Gasteiger partial charge in [0.2, 0.25) is 5.91 Å². The third-order valence-corrected chi connectivity index (χ3v) is 4.84. The van der Waals surface area contributed by atoms with E-state index in [4.69, 9.17) is 11.6 Å². The monoisotopic (exact) mass is 412 g/mol. The van der Waals surface area contributed by atoms with E-state index in [2.05, 4.69) is 15.2 Å². The van der Waals surface area contributed by atoms with Crippen LogP contribution in [0.15, 0.2) is 42.6 Å². The summed E-state index contributed by atoms with van der Waals surface area (Å²) in [5.74, 6) is -0.517. The summed E-state index contributed by atoms with van der Waals surface area (Å²) in [7, 11) is 0. The van der Waals surface area contributed by atoms with E-state index in [1.165, 1.54) is 12.1 Å². The Kier molecular flexibility index (Phi) is 6.53. The molecule has 0 bridgehead atoms. The summed E-state index contributed by atoms with van der Waals surface area (Å²) in [4.78, 5) is 20.7. The summed E-state index contributed by atoms with van der Waals surface area (Å²) in [5, 5.41) is 2.19. The van der Waals surface area contributed by atoms with Crippen LogP contribution in [0.5, 0.6) is 0 Å². The van der Waals surface area contributed by atoms with Crippen LogP contribution in [0.1, 0.15) is 11.3 Å². The standard InChI is InChI=1S/C19H20ClF3N4O/c20-16-6-3-5-15(19(21,22)23)18(16)25-17(28)13-27-10-8-26(9-11-27)12-14-4-1-2-7-24-14/h1-7H,8-13H2,(H,25,28). The third-order valence-electron chi connectivity index (χ3n) is 4.53. The number of nitrogens with zero attached hydrogens (tertiary/aromatic N) is 3. The average Bonchev–Trinajstić information content (AvgIpc) is 2.65. The van der Waals surface area contributed by atoms with Crippen molar-refractivity contribution >= 4 is 23.2 Å². The SMILES string of the molecule is O=C(CN1CCN(Cc2ccccn2)CC1)Nc1c(Cl)cccc1C(F)(F)F. The minimum Gasteiger partial charge on any atom is -0.323 e. The third kappa shape index (κ3) is 5.43. The number of carbonyl (C=O) groups excluding carboxylic acids is 1. The van der Waals surface area contributed by atoms with Crippen molar-refractivity contribution < 1.29 is 18.0 Å². The Morgan fingerprint density at radius 2 is 1.79 bits per heavy atom. The van der Waals surface area contributed by atoms with Gasteiger partial charge in [-0.3, -0.25) is 19.6 Å². The zero-order chi connectivity index (χ0) is 20.1. The van der Waals surface area contributed by atoms with Gasteiger partial charge in [-0.2, -0.15) is 13.2 Å². The zero-order valence-electron chi connectivity index (χ0n) is 15.0. The van der Waals surface area contributed by atoms with Crippen LogP contribution in [-0.2, 0) is 17.5 Å². The summed E-state index contributed by atoms with van der Waals surface area (Å²) >= 11 is 5.88. The average molecular weight is 413 g/mol. The van der Waals surface area contributed by atoms with E-state index < -0.39 is 23.3 Å². The second-order valence-corrected chi connectivity index (χ2v) is 6.99. The fourth-order valence-corrected chi connectivity index (χ4v) is 3.32. The maximum atomic E-state index is 13.1. The molecule has 1 aromatic heterocycles. The van der Waals surface area contributed by atoms with Crippen molar-refractivity contribution in [3.8, 4) is 0 Å². The molecular weight excluding hydrogens is 393 g/mol. The van der Waals surface area contributed by atoms with Crippen LogP contribution < -0.4 is 5.32 Å². The van der Waals surface area contributed by atoms with Gasteiger partial charge < -0.3 is 5.32 Å². The Hall–Kier alpha value is -2.16. The number of nitrogens with one attached hydrogen (secondary N) is 1. The van der Waals surface area contributed by atoms with Crippen LogP contribution >= 0.6 is 11.6 Å². The van der Waals surface area contributed by atoms with Gasteiger partial charge in [-0.1, -0.05) is 23.7 Å². The molecule has 150 valence electrons. The number of hydrogen-bond donors (Lipinski definition) is 1. The molecule has 0 unspecified atom stereocenters. The molecule has 1 aliphatic rings. The topological polar surface area (TPSA) is 48.5 Å². The largest absolute Gasteiger partial charge is 0.418 e. The minimum atomic E-state index is -4.59. The molecule has 9 heteroatoms. The first-order valence-electron chi connectivity index (χ1n) is 8.83. The van der Waals surface area contributed by atoms with Crippen molar-refractivity contribution in [2.24, 2.45) is 0 Å². The first-order valence-corrected chi connectivity index (χ1v) is 9.21. The molecule has 5 nitrogen and oxygen atoms in total. The number of pyridine rings is 1. The number of rotatable bonds is 5. The highest BCUT2D eigenvalue weighted by Gasteiger charge is 2.35. The van der Waals surface area contributed by atoms with E-state index in [9.17, 15) is 18.0 Å². The highest BCUT2D eigenvalue weighted by molar-refractivity contribution is 6.34. The van der Waals surface area contributed by atoms with Gasteiger partial charge in [0.15, 0.2) is 0 Å². The van der Waals surface area contributed by atoms with Crippen molar-refractivity contribution in [3.05, 3.63) is 58.9 Å². The lowest BCUT2D eigenvalue weighted by molar-refractivity contribution is -0.137. The Morgan fingerprint density at radius 3 is 2.43 bits per heavy atom. The fourth-order valence-electron chi connectivity index (χ4n) is 3.10. The van der Waals surface area contributed by atoms with Gasteiger partial charge in [0.25, 0.3) is 0 Å². The number of hydrogen-bond acceptors (Lipinski definition) is 4. The molecule has 2 heterocycles. The van der Waals surface area contributed by atoms with Crippen molar-refractivity contribution in [3.63, 3.8) is 0 Å². The van der Waals surface area contributed by atoms with Gasteiger partial charge >= 0.3 is 6.18 Å². The fraction of sp³-hybridized carbons (Fsp3) is 0.368. The van der Waals surface area contributed by atoms with E-state index in [1.54, 1.807) is 6.20 Å². The maximum absolute atomic E-state index is 13.1. The molecular formula is C19H20ClF3N4O. The highest BCUT2D eigenvalue weighted by atomic mass is 35.5. The number of anilines is 1. The molecule has 28 heavy (non-hydrogen) atoms. The molecule has 0 atom stereocenters. The lowest BCUT2D eigenvalue weighted by Crippen LogP contribution is -2.48. The number of alkyl halides is 3. The van der Waals surface area contributed by atoms with Crippen LogP contribution in [0.4, 0.5) is 18.9 Å². The number of aromatic nitrogens is 1. The van der Waals surface area contributed by atoms with Crippen molar-refractivity contribution in [1.82, 2.24) is 14.8 Å². The second-order valence-electron chi connectivity index (χ2n) is 6.58. The Labute approximate surface area is 166 Å². The predicted molar refractivity (Wildman–Crippen MR) is 101 cm³/mol. The Balaban J connectivity index is 1.53. The van der Waals surface area contributed by atoms with Gasteiger partial charge in [-0.05, 0) is 24.3 Å². The summed E-state index contributed by atoms with van der Waals surface area (Å²) in [5.41, 5.74) is -0.365. The first kappa shape index (κ1) is 20.6. The van der Waals surface area contributed by atoms with Crippen LogP contribution in [-0.4, -0.2) is 53.4 Å². The highest BCUT2D eigenvalue weighted by Crippen LogP contribution is 2.38. The van der Waals surface area contributed by atoms with Crippen molar-refractivity contribution in [2.45, 2.75) is 12.7 Å². The number of para-hydroxylation sites is 1. The van der Waals surface area contributed by atoms with Gasteiger partial charge in [-0.15, -0.1) is 0 Å². The molecule has 3 rings (SSSR count). The molecule has 0 saturated carbocycles. The quantitative estimate of drug-likeness (QED) is 0.816. The normalized spacial score (nSPS) is 16.1. The molecule has 1 N–H and O–H groups in total. The number of halogens is 4. The van der Waals surface area contributed by atoms with E-state index in [-0.39, 0.29) is 11.6 Å². The number of carbonyl (C=O) groups is 1. The van der Waals surface area contributed by atoms with Crippen LogP contribution in [0.25, 0.3) is 0 Å². The molecule has 0 radical (unpaired) electrons. The first-order chi connectivity index (χ1) is 13.3. The summed E-state index contributed by atoms with van der Waals surface area (Å²) in [6, 6.07) is 9.19. The Bertz CT molecular complexity index is 809. The molecule has 1 saturated heterocycles. The van der Waals surface area contributed by atoms with Gasteiger partial charge in [0.05, 0.1) is 28.5 Å². The summed E-state index contributed by atoms with van der Waals surface area (Å²) < 4.78 is 39.4. The zero-order valence-corrected chi connectivity index (χ0v) is 15.8. The van der Waals surface area contributed by atoms with Gasteiger partial charge in [-0.25, -0.2) is 0 Å². The molecule has 0 aliphatic carbocycles. The van der Waals surface area contributed by atoms with Gasteiger partial charge in [0.1, 0.15) is 0 Å². The van der Waals surface area contributed by atoms with E-state index in [1.807, 2.05) is 23.1 Å². The molecule has 1 fully saturated rings. The van der Waals surface area contributed by atoms with Crippen LogP contribution in [0.2, 0.25) is 5.02 Å². The molecule has 1 aliphatic heterocycles. The van der Waals surface area contributed by atoms with Crippen LogP contribution in [0, 0.1) is 0 Å². The Morgan fingerprint density at radius 1 is 1.07 bits per heavy atom.